The van der Waals surface area contributed by atoms with Crippen molar-refractivity contribution in [2.24, 2.45) is 17.8 Å². The minimum Gasteiger partial charge on any atom is -0.497 e. The third-order valence-electron chi connectivity index (χ3n) is 10.9. The molecule has 238 valence electrons. The van der Waals surface area contributed by atoms with Crippen LogP contribution in [0, 0.1) is 17.8 Å². The van der Waals surface area contributed by atoms with Gasteiger partial charge in [0.05, 0.1) is 19.1 Å². The fourth-order valence-corrected chi connectivity index (χ4v) is 9.81. The van der Waals surface area contributed by atoms with E-state index in [1.54, 1.807) is 14.0 Å². The van der Waals surface area contributed by atoms with Crippen LogP contribution in [0.2, 0.25) is 0 Å². The molecule has 0 radical (unpaired) electrons. The van der Waals surface area contributed by atoms with Gasteiger partial charge in [-0.3, -0.25) is 13.9 Å². The van der Waals surface area contributed by atoms with Gasteiger partial charge in [-0.25, -0.2) is 8.42 Å². The fraction of sp³-hybridized carbons (Fsp3) is 0.600. The molecular formula is C35H47N3O5S. The number of nitrogens with one attached hydrogen (secondary N) is 1. The molecule has 9 heteroatoms. The Labute approximate surface area is 262 Å². The predicted octanol–water partition coefficient (Wildman–Crippen LogP) is 5.41. The lowest BCUT2D eigenvalue weighted by Gasteiger charge is -2.57. The molecule has 5 aliphatic rings. The lowest BCUT2D eigenvalue weighted by molar-refractivity contribution is -0.139. The number of ether oxygens (including phenoxy) is 1. The molecule has 0 aliphatic heterocycles. The number of benzene rings is 2. The van der Waals surface area contributed by atoms with Crippen LogP contribution in [-0.2, 0) is 31.6 Å². The summed E-state index contributed by atoms with van der Waals surface area (Å²) in [6.45, 7) is 1.51. The Balaban J connectivity index is 1.22. The summed E-state index contributed by atoms with van der Waals surface area (Å²) in [6.07, 6.45) is 13.0. The fourth-order valence-electron chi connectivity index (χ4n) is 8.96. The lowest BCUT2D eigenvalue weighted by Crippen LogP contribution is -2.52. The van der Waals surface area contributed by atoms with Crippen LogP contribution in [0.3, 0.4) is 0 Å². The summed E-state index contributed by atoms with van der Waals surface area (Å²) in [5.74, 6) is 2.50. The average Bonchev–Trinajstić information content (AvgIpc) is 3.50. The molecular weight excluding hydrogens is 574 g/mol. The molecule has 7 rings (SSSR count). The summed E-state index contributed by atoms with van der Waals surface area (Å²) >= 11 is 0. The van der Waals surface area contributed by atoms with Gasteiger partial charge in [-0.15, -0.1) is 0 Å². The number of carbonyl (C=O) groups is 2. The summed E-state index contributed by atoms with van der Waals surface area (Å²) in [5.41, 5.74) is 2.81. The van der Waals surface area contributed by atoms with Crippen molar-refractivity contribution < 1.29 is 22.7 Å². The van der Waals surface area contributed by atoms with Gasteiger partial charge in [-0.1, -0.05) is 37.1 Å². The van der Waals surface area contributed by atoms with Crippen molar-refractivity contribution in [3.63, 3.8) is 0 Å². The molecule has 0 heterocycles. The second-order valence-electron chi connectivity index (χ2n) is 14.1. The molecule has 2 aromatic rings. The Kier molecular flexibility index (Phi) is 8.70. The quantitative estimate of drug-likeness (QED) is 0.362. The van der Waals surface area contributed by atoms with Crippen molar-refractivity contribution in [1.82, 2.24) is 10.2 Å². The smallest absolute Gasteiger partial charge is 0.244 e. The third kappa shape index (κ3) is 6.49. The number of sulfonamides is 1. The standard InChI is InChI=1S/C35H47N3O5S/c1-24(34(40)36-30-6-4-5-7-30)37(22-25-8-14-32(43-2)15-9-25)33(39)23-38(44(3,41)42)31-12-10-29(11-13-31)35-19-26-16-27(20-35)18-28(17-26)21-35/h8-15,24,26-28,30H,4-7,16-23H2,1-3H3,(H,36,40)/t24-,26?,27?,28?,35?/m1/s1. The Morgan fingerprint density at radius 2 is 1.50 bits per heavy atom. The van der Waals surface area contributed by atoms with E-state index in [1.807, 2.05) is 36.4 Å². The number of nitrogens with zero attached hydrogens (tertiary/aromatic N) is 2. The maximum absolute atomic E-state index is 14.0. The first-order valence-electron chi connectivity index (χ1n) is 16.3. The largest absolute Gasteiger partial charge is 0.497 e. The number of rotatable bonds is 11. The van der Waals surface area contributed by atoms with Crippen molar-refractivity contribution in [1.29, 1.82) is 0 Å². The monoisotopic (exact) mass is 621 g/mol. The van der Waals surface area contributed by atoms with Crippen LogP contribution >= 0.6 is 0 Å². The number of amides is 2. The minimum atomic E-state index is -3.78. The molecule has 1 atom stereocenters. The topological polar surface area (TPSA) is 96.0 Å². The molecule has 5 aliphatic carbocycles. The second-order valence-corrected chi connectivity index (χ2v) is 16.0. The molecule has 1 N–H and O–H groups in total. The highest BCUT2D eigenvalue weighted by Crippen LogP contribution is 2.60. The van der Waals surface area contributed by atoms with Crippen LogP contribution in [-0.4, -0.2) is 57.1 Å². The SMILES string of the molecule is COc1ccc(CN(C(=O)CN(c2ccc(C34CC5CC(CC(C5)C3)C4)cc2)S(C)(=O)=O)[C@H](C)C(=O)NC2CCCC2)cc1. The second kappa shape index (κ2) is 12.4. The van der Waals surface area contributed by atoms with E-state index >= 15 is 0 Å². The molecule has 8 nitrogen and oxygen atoms in total. The van der Waals surface area contributed by atoms with Crippen molar-refractivity contribution in [2.75, 3.05) is 24.2 Å². The van der Waals surface area contributed by atoms with E-state index in [4.69, 9.17) is 4.74 Å². The Morgan fingerprint density at radius 1 is 0.932 bits per heavy atom. The molecule has 4 bridgehead atoms. The molecule has 0 spiro atoms. The van der Waals surface area contributed by atoms with E-state index in [9.17, 15) is 18.0 Å². The van der Waals surface area contributed by atoms with Crippen LogP contribution < -0.4 is 14.4 Å². The maximum Gasteiger partial charge on any atom is 0.244 e. The zero-order valence-electron chi connectivity index (χ0n) is 26.3. The van der Waals surface area contributed by atoms with E-state index in [1.165, 1.54) is 53.3 Å². The highest BCUT2D eigenvalue weighted by atomic mass is 32.2. The van der Waals surface area contributed by atoms with Gasteiger partial charge < -0.3 is 15.0 Å². The summed E-state index contributed by atoms with van der Waals surface area (Å²) in [5, 5.41) is 3.11. The van der Waals surface area contributed by atoms with E-state index in [0.29, 0.717) is 11.4 Å². The normalized spacial score (nSPS) is 26.8. The van der Waals surface area contributed by atoms with Crippen molar-refractivity contribution in [2.45, 2.75) is 95.2 Å². The van der Waals surface area contributed by atoms with Gasteiger partial charge in [0.2, 0.25) is 21.8 Å². The number of anilines is 1. The van der Waals surface area contributed by atoms with E-state index in [2.05, 4.69) is 17.4 Å². The maximum atomic E-state index is 14.0. The molecule has 0 unspecified atom stereocenters. The van der Waals surface area contributed by atoms with Crippen LogP contribution in [0.4, 0.5) is 5.69 Å². The predicted molar refractivity (Wildman–Crippen MR) is 172 cm³/mol. The van der Waals surface area contributed by atoms with Gasteiger partial charge in [0.15, 0.2) is 0 Å². The highest BCUT2D eigenvalue weighted by Gasteiger charge is 2.51. The summed E-state index contributed by atoms with van der Waals surface area (Å²) < 4.78 is 32.7. The first-order chi connectivity index (χ1) is 21.0. The van der Waals surface area contributed by atoms with Crippen molar-refractivity contribution >= 4 is 27.5 Å². The molecule has 5 saturated carbocycles. The first kappa shape index (κ1) is 30.9. The molecule has 0 saturated heterocycles. The number of hydrogen-bond donors (Lipinski definition) is 1. The van der Waals surface area contributed by atoms with Crippen LogP contribution in [0.15, 0.2) is 48.5 Å². The number of hydrogen-bond acceptors (Lipinski definition) is 5. The molecule has 2 aromatic carbocycles. The van der Waals surface area contributed by atoms with Crippen LogP contribution in [0.1, 0.15) is 82.3 Å². The van der Waals surface area contributed by atoms with Crippen molar-refractivity contribution in [3.05, 3.63) is 59.7 Å². The van der Waals surface area contributed by atoms with E-state index < -0.39 is 22.0 Å². The van der Waals surface area contributed by atoms with Gasteiger partial charge >= 0.3 is 0 Å². The van der Waals surface area contributed by atoms with Gasteiger partial charge in [-0.05, 0) is 117 Å². The van der Waals surface area contributed by atoms with Gasteiger partial charge in [0, 0.05) is 12.6 Å². The Hall–Kier alpha value is -3.07. The van der Waals surface area contributed by atoms with E-state index in [0.717, 1.165) is 55.3 Å². The Bertz CT molecular complexity index is 1410. The minimum absolute atomic E-state index is 0.114. The third-order valence-corrected chi connectivity index (χ3v) is 12.0. The number of methoxy groups -OCH3 is 1. The van der Waals surface area contributed by atoms with Crippen LogP contribution in [0.5, 0.6) is 5.75 Å². The molecule has 2 amide bonds. The van der Waals surface area contributed by atoms with Crippen LogP contribution in [0.25, 0.3) is 0 Å². The van der Waals surface area contributed by atoms with E-state index in [-0.39, 0.29) is 30.5 Å². The summed E-state index contributed by atoms with van der Waals surface area (Å²) in [4.78, 5) is 28.8. The lowest BCUT2D eigenvalue weighted by atomic mass is 9.48. The summed E-state index contributed by atoms with van der Waals surface area (Å²) in [6, 6.07) is 14.6. The Morgan fingerprint density at radius 3 is 2.02 bits per heavy atom. The van der Waals surface area contributed by atoms with Crippen molar-refractivity contribution in [3.8, 4) is 5.75 Å². The molecule has 5 fully saturated rings. The highest BCUT2D eigenvalue weighted by molar-refractivity contribution is 7.92. The first-order valence-corrected chi connectivity index (χ1v) is 18.2. The molecule has 0 aromatic heterocycles. The number of carbonyl (C=O) groups excluding carboxylic acids is 2. The summed E-state index contributed by atoms with van der Waals surface area (Å²) in [7, 11) is -2.19. The molecule has 44 heavy (non-hydrogen) atoms. The van der Waals surface area contributed by atoms with Gasteiger partial charge in [0.25, 0.3) is 0 Å². The zero-order chi connectivity index (χ0) is 31.1. The van der Waals surface area contributed by atoms with Gasteiger partial charge in [-0.2, -0.15) is 0 Å². The zero-order valence-corrected chi connectivity index (χ0v) is 27.2. The average molecular weight is 622 g/mol. The van der Waals surface area contributed by atoms with Gasteiger partial charge in [0.1, 0.15) is 18.3 Å².